The van der Waals surface area contributed by atoms with E-state index in [1.54, 1.807) is 12.1 Å². The molecule has 0 aliphatic carbocycles. The quantitative estimate of drug-likeness (QED) is 0.585. The SMILES string of the molecule is CC(C)COC1(c2ccc(C(=O)N3CC4CN(c5ccc(C(F)(F)F)cc5)CC4C3)cc2)COC1. The highest BCUT2D eigenvalue weighted by Crippen LogP contribution is 2.37. The molecule has 8 heteroatoms. The van der Waals surface area contributed by atoms with E-state index in [4.69, 9.17) is 9.47 Å². The zero-order valence-electron chi connectivity index (χ0n) is 20.1. The number of amides is 1. The van der Waals surface area contributed by atoms with Crippen LogP contribution in [-0.4, -0.2) is 56.8 Å². The first-order chi connectivity index (χ1) is 16.6. The van der Waals surface area contributed by atoms with Gasteiger partial charge in [0, 0.05) is 49.3 Å². The maximum Gasteiger partial charge on any atom is 0.416 e. The van der Waals surface area contributed by atoms with Gasteiger partial charge in [-0.2, -0.15) is 13.2 Å². The molecule has 0 aromatic heterocycles. The Morgan fingerprint density at radius 3 is 2.09 bits per heavy atom. The van der Waals surface area contributed by atoms with Gasteiger partial charge in [-0.3, -0.25) is 4.79 Å². The summed E-state index contributed by atoms with van der Waals surface area (Å²) < 4.78 is 50.1. The molecule has 3 heterocycles. The predicted molar refractivity (Wildman–Crippen MR) is 126 cm³/mol. The van der Waals surface area contributed by atoms with Gasteiger partial charge in [0.2, 0.25) is 0 Å². The molecule has 2 aromatic rings. The Bertz CT molecular complexity index is 1030. The molecule has 35 heavy (non-hydrogen) atoms. The molecule has 5 rings (SSSR count). The summed E-state index contributed by atoms with van der Waals surface area (Å²) in [5, 5.41) is 0. The van der Waals surface area contributed by atoms with Gasteiger partial charge in [0.25, 0.3) is 5.91 Å². The van der Waals surface area contributed by atoms with Crippen LogP contribution < -0.4 is 4.90 Å². The third kappa shape index (κ3) is 4.78. The van der Waals surface area contributed by atoms with Gasteiger partial charge in [-0.15, -0.1) is 0 Å². The fraction of sp³-hybridized carbons (Fsp3) is 0.519. The molecule has 0 saturated carbocycles. The first-order valence-corrected chi connectivity index (χ1v) is 12.2. The molecular weight excluding hydrogens is 457 g/mol. The highest BCUT2D eigenvalue weighted by Gasteiger charge is 2.43. The van der Waals surface area contributed by atoms with Crippen LogP contribution >= 0.6 is 0 Å². The fourth-order valence-corrected chi connectivity index (χ4v) is 5.28. The molecule has 0 N–H and O–H groups in total. The number of rotatable bonds is 6. The van der Waals surface area contributed by atoms with Gasteiger partial charge in [-0.05, 0) is 47.9 Å². The van der Waals surface area contributed by atoms with Crippen LogP contribution in [0.2, 0.25) is 0 Å². The lowest BCUT2D eigenvalue weighted by molar-refractivity contribution is -0.220. The van der Waals surface area contributed by atoms with Crippen molar-refractivity contribution in [2.75, 3.05) is 50.9 Å². The first kappa shape index (κ1) is 24.1. The second-order valence-corrected chi connectivity index (χ2v) is 10.4. The van der Waals surface area contributed by atoms with E-state index >= 15 is 0 Å². The summed E-state index contributed by atoms with van der Waals surface area (Å²) in [6.07, 6.45) is -4.33. The molecule has 188 valence electrons. The van der Waals surface area contributed by atoms with Crippen LogP contribution in [0.5, 0.6) is 0 Å². The van der Waals surface area contributed by atoms with Crippen molar-refractivity contribution >= 4 is 11.6 Å². The van der Waals surface area contributed by atoms with Gasteiger partial charge in [0.1, 0.15) is 5.60 Å². The first-order valence-electron chi connectivity index (χ1n) is 12.2. The summed E-state index contributed by atoms with van der Waals surface area (Å²) in [4.78, 5) is 17.2. The lowest BCUT2D eigenvalue weighted by Gasteiger charge is -2.42. The molecule has 2 unspecified atom stereocenters. The van der Waals surface area contributed by atoms with Crippen molar-refractivity contribution in [1.29, 1.82) is 0 Å². The largest absolute Gasteiger partial charge is 0.416 e. The third-order valence-electron chi connectivity index (χ3n) is 7.35. The minimum Gasteiger partial charge on any atom is -0.375 e. The van der Waals surface area contributed by atoms with Crippen molar-refractivity contribution in [3.8, 4) is 0 Å². The summed E-state index contributed by atoms with van der Waals surface area (Å²) in [5.41, 5.74) is 1.44. The number of hydrogen-bond acceptors (Lipinski definition) is 4. The van der Waals surface area contributed by atoms with Gasteiger partial charge in [0.05, 0.1) is 25.4 Å². The second kappa shape index (κ2) is 9.13. The molecule has 3 fully saturated rings. The van der Waals surface area contributed by atoms with Gasteiger partial charge >= 0.3 is 6.18 Å². The molecule has 2 aromatic carbocycles. The average molecular weight is 489 g/mol. The van der Waals surface area contributed by atoms with Gasteiger partial charge in [-0.1, -0.05) is 26.0 Å². The number of carbonyl (C=O) groups is 1. The number of carbonyl (C=O) groups excluding carboxylic acids is 1. The van der Waals surface area contributed by atoms with Gasteiger partial charge in [0.15, 0.2) is 0 Å². The van der Waals surface area contributed by atoms with Crippen molar-refractivity contribution in [3.05, 3.63) is 65.2 Å². The van der Waals surface area contributed by atoms with Crippen LogP contribution in [0.25, 0.3) is 0 Å². The maximum atomic E-state index is 13.2. The number of halogens is 3. The van der Waals surface area contributed by atoms with E-state index in [-0.39, 0.29) is 5.91 Å². The third-order valence-corrected chi connectivity index (χ3v) is 7.35. The van der Waals surface area contributed by atoms with E-state index < -0.39 is 17.3 Å². The number of hydrogen-bond donors (Lipinski definition) is 0. The van der Waals surface area contributed by atoms with Crippen molar-refractivity contribution < 1.29 is 27.4 Å². The Hall–Kier alpha value is -2.58. The number of anilines is 1. The Morgan fingerprint density at radius 2 is 1.60 bits per heavy atom. The zero-order valence-corrected chi connectivity index (χ0v) is 20.1. The van der Waals surface area contributed by atoms with E-state index in [1.807, 2.05) is 29.2 Å². The van der Waals surface area contributed by atoms with E-state index in [1.165, 1.54) is 0 Å². The van der Waals surface area contributed by atoms with Crippen LogP contribution in [0.3, 0.4) is 0 Å². The minimum atomic E-state index is -4.33. The number of fused-ring (bicyclic) bond motifs is 1. The van der Waals surface area contributed by atoms with Crippen molar-refractivity contribution in [2.45, 2.75) is 25.6 Å². The molecule has 2 atom stereocenters. The molecular formula is C27H31F3N2O3. The van der Waals surface area contributed by atoms with E-state index in [0.29, 0.717) is 56.2 Å². The van der Waals surface area contributed by atoms with Gasteiger partial charge < -0.3 is 19.3 Å². The summed E-state index contributed by atoms with van der Waals surface area (Å²) >= 11 is 0. The highest BCUT2D eigenvalue weighted by molar-refractivity contribution is 5.94. The van der Waals surface area contributed by atoms with Crippen LogP contribution in [0.15, 0.2) is 48.5 Å². The molecule has 3 saturated heterocycles. The number of benzene rings is 2. The summed E-state index contributed by atoms with van der Waals surface area (Å²) in [7, 11) is 0. The molecule has 3 aliphatic rings. The standard InChI is InChI=1S/C27H31F3N2O3/c1-18(2)15-35-26(16-34-17-26)22-5-3-19(4-6-22)25(33)32-13-20-11-31(12-21(20)14-32)24-9-7-23(8-10-24)27(28,29)30/h3-10,18,20-21H,11-17H2,1-2H3. The normalized spacial score (nSPS) is 23.5. The molecule has 1 amide bonds. The maximum absolute atomic E-state index is 13.2. The molecule has 0 spiro atoms. The van der Waals surface area contributed by atoms with E-state index in [9.17, 15) is 18.0 Å². The van der Waals surface area contributed by atoms with Crippen LogP contribution in [0.1, 0.15) is 35.3 Å². The topological polar surface area (TPSA) is 42.0 Å². The zero-order chi connectivity index (χ0) is 24.8. The van der Waals surface area contributed by atoms with Crippen LogP contribution in [0.4, 0.5) is 18.9 Å². The summed E-state index contributed by atoms with van der Waals surface area (Å²) in [5.74, 6) is 1.09. The minimum absolute atomic E-state index is 0.0223. The van der Waals surface area contributed by atoms with Crippen molar-refractivity contribution in [2.24, 2.45) is 17.8 Å². The Labute approximate surface area is 203 Å². The van der Waals surface area contributed by atoms with Crippen molar-refractivity contribution in [3.63, 3.8) is 0 Å². The number of nitrogens with zero attached hydrogens (tertiary/aromatic N) is 2. The van der Waals surface area contributed by atoms with Crippen molar-refractivity contribution in [1.82, 2.24) is 4.90 Å². The molecule has 0 radical (unpaired) electrons. The average Bonchev–Trinajstić information content (AvgIpc) is 3.37. The molecule has 0 bridgehead atoms. The highest BCUT2D eigenvalue weighted by atomic mass is 19.4. The number of alkyl halides is 3. The fourth-order valence-electron chi connectivity index (χ4n) is 5.28. The summed E-state index contributed by atoms with van der Waals surface area (Å²) in [6.45, 7) is 8.75. The van der Waals surface area contributed by atoms with Gasteiger partial charge in [-0.25, -0.2) is 0 Å². The summed E-state index contributed by atoms with van der Waals surface area (Å²) in [6, 6.07) is 13.0. The molecule has 5 nitrogen and oxygen atoms in total. The Kier molecular flexibility index (Phi) is 6.30. The lowest BCUT2D eigenvalue weighted by atomic mass is 9.90. The molecule has 3 aliphatic heterocycles. The number of likely N-dealkylation sites (tertiary alicyclic amines) is 1. The Balaban J connectivity index is 1.19. The van der Waals surface area contributed by atoms with E-state index in [2.05, 4.69) is 18.7 Å². The monoisotopic (exact) mass is 488 g/mol. The smallest absolute Gasteiger partial charge is 0.375 e. The van der Waals surface area contributed by atoms with Crippen LogP contribution in [0, 0.1) is 17.8 Å². The lowest BCUT2D eigenvalue weighted by Crippen LogP contribution is -2.49. The second-order valence-electron chi connectivity index (χ2n) is 10.4. The number of ether oxygens (including phenoxy) is 2. The van der Waals surface area contributed by atoms with E-state index in [0.717, 1.165) is 36.5 Å². The predicted octanol–water partition coefficient (Wildman–Crippen LogP) is 4.81. The van der Waals surface area contributed by atoms with Crippen LogP contribution in [-0.2, 0) is 21.3 Å². The Morgan fingerprint density at radius 1 is 1.00 bits per heavy atom.